The third-order valence-electron chi connectivity index (χ3n) is 7.10. The summed E-state index contributed by atoms with van der Waals surface area (Å²) in [5.41, 5.74) is 3.53. The van der Waals surface area contributed by atoms with Crippen molar-refractivity contribution in [3.8, 4) is 5.82 Å². The van der Waals surface area contributed by atoms with Crippen LogP contribution in [-0.4, -0.2) is 79.3 Å². The molecule has 2 saturated heterocycles. The highest BCUT2D eigenvalue weighted by Crippen LogP contribution is 2.31. The number of β-amino-alcohol motifs (C(OH)–C–C–N with tert-alkyl or cyclic N) is 1. The molecule has 5 heterocycles. The van der Waals surface area contributed by atoms with Gasteiger partial charge in [-0.2, -0.15) is 14.4 Å². The molecule has 11 nitrogen and oxygen atoms in total. The smallest absolute Gasteiger partial charge is 0.245 e. The summed E-state index contributed by atoms with van der Waals surface area (Å²) < 4.78 is 31.8. The number of benzene rings is 1. The zero-order valence-corrected chi connectivity index (χ0v) is 21.7. The van der Waals surface area contributed by atoms with Crippen LogP contribution in [0.1, 0.15) is 24.1 Å². The maximum atomic E-state index is 13.3. The van der Waals surface area contributed by atoms with Crippen LogP contribution in [0.4, 0.5) is 11.6 Å². The van der Waals surface area contributed by atoms with E-state index in [-0.39, 0.29) is 6.10 Å². The largest absolute Gasteiger partial charge is 0.390 e. The van der Waals surface area contributed by atoms with Gasteiger partial charge in [-0.15, -0.1) is 0 Å². The summed E-state index contributed by atoms with van der Waals surface area (Å²) in [6, 6.07) is 7.42. The van der Waals surface area contributed by atoms with Gasteiger partial charge in [0.25, 0.3) is 0 Å². The van der Waals surface area contributed by atoms with E-state index in [9.17, 15) is 13.5 Å². The summed E-state index contributed by atoms with van der Waals surface area (Å²) in [5.74, 6) is 1.01. The first-order valence-corrected chi connectivity index (χ1v) is 13.9. The van der Waals surface area contributed by atoms with Crippen molar-refractivity contribution in [3.05, 3.63) is 54.1 Å². The third-order valence-corrected chi connectivity index (χ3v) is 9.03. The zero-order chi connectivity index (χ0) is 25.7. The second kappa shape index (κ2) is 9.21. The van der Waals surface area contributed by atoms with Crippen LogP contribution in [-0.2, 0) is 23.6 Å². The first kappa shape index (κ1) is 24.0. The lowest BCUT2D eigenvalue weighted by atomic mass is 10.1. The lowest BCUT2D eigenvalue weighted by Crippen LogP contribution is -2.49. The quantitative estimate of drug-likeness (QED) is 0.379. The van der Waals surface area contributed by atoms with Crippen LogP contribution in [0.3, 0.4) is 0 Å². The molecule has 2 aliphatic heterocycles. The predicted octanol–water partition coefficient (Wildman–Crippen LogP) is 2.17. The number of hydrogen-bond donors (Lipinski definition) is 2. The third kappa shape index (κ3) is 4.50. The molecule has 0 unspecified atom stereocenters. The molecule has 2 aliphatic rings. The topological polar surface area (TPSA) is 121 Å². The molecule has 0 atom stereocenters. The number of aliphatic hydroxyl groups excluding tert-OH is 1. The molecule has 1 aromatic carbocycles. The summed E-state index contributed by atoms with van der Waals surface area (Å²) in [4.78, 5) is 11.5. The Morgan fingerprint density at radius 3 is 2.68 bits per heavy atom. The molecule has 37 heavy (non-hydrogen) atoms. The van der Waals surface area contributed by atoms with E-state index in [1.807, 2.05) is 42.9 Å². The van der Waals surface area contributed by atoms with E-state index in [2.05, 4.69) is 25.3 Å². The molecule has 2 fully saturated rings. The van der Waals surface area contributed by atoms with Crippen molar-refractivity contribution in [2.75, 3.05) is 31.5 Å². The number of likely N-dealkylation sites (tertiary alicyclic amines) is 1. The van der Waals surface area contributed by atoms with Crippen LogP contribution in [0.25, 0.3) is 16.7 Å². The van der Waals surface area contributed by atoms with Crippen molar-refractivity contribution >= 4 is 32.6 Å². The predicted molar refractivity (Wildman–Crippen MR) is 139 cm³/mol. The number of hydrogen-bond acceptors (Lipinski definition) is 8. The van der Waals surface area contributed by atoms with Crippen LogP contribution in [0.2, 0.25) is 0 Å². The Hall–Kier alpha value is -3.32. The van der Waals surface area contributed by atoms with Crippen LogP contribution < -0.4 is 5.32 Å². The average Bonchev–Trinajstić information content (AvgIpc) is 3.59. The Balaban J connectivity index is 1.26. The molecule has 194 valence electrons. The van der Waals surface area contributed by atoms with Gasteiger partial charge in [-0.3, -0.25) is 4.90 Å². The van der Waals surface area contributed by atoms with Crippen molar-refractivity contribution in [1.29, 1.82) is 0 Å². The monoisotopic (exact) mass is 522 g/mol. The molecule has 12 heteroatoms. The normalized spacial score (nSPS) is 17.5. The number of aromatic nitrogens is 5. The van der Waals surface area contributed by atoms with E-state index in [0.717, 1.165) is 36.2 Å². The fourth-order valence-electron chi connectivity index (χ4n) is 5.05. The van der Waals surface area contributed by atoms with Crippen molar-refractivity contribution in [3.63, 3.8) is 0 Å². The van der Waals surface area contributed by atoms with E-state index < -0.39 is 10.0 Å². The van der Waals surface area contributed by atoms with Gasteiger partial charge in [0.05, 0.1) is 11.8 Å². The average molecular weight is 523 g/mol. The summed E-state index contributed by atoms with van der Waals surface area (Å²) in [6.07, 6.45) is 6.86. The van der Waals surface area contributed by atoms with Crippen molar-refractivity contribution in [1.82, 2.24) is 33.5 Å². The molecule has 3 aromatic heterocycles. The van der Waals surface area contributed by atoms with Gasteiger partial charge in [-0.1, -0.05) is 0 Å². The van der Waals surface area contributed by atoms with Crippen molar-refractivity contribution in [2.24, 2.45) is 7.05 Å². The van der Waals surface area contributed by atoms with E-state index in [0.29, 0.717) is 53.9 Å². The minimum absolute atomic E-state index is 0.239. The standard InChI is InChI=1S/C25H30N8O3S/c1-17-18(12-31-14-20(34)15-31)13-33(29-17)24-7-8-26-25(28-24)27-19-5-6-22-21(11-19)23(16-30(22)2)37(35,36)32-9-3-4-10-32/h5-8,11,13,16,20,34H,3-4,9-10,12,14-15H2,1-2H3,(H,26,27,28). The number of aliphatic hydroxyl groups is 1. The lowest BCUT2D eigenvalue weighted by molar-refractivity contribution is -0.00297. The van der Waals surface area contributed by atoms with Gasteiger partial charge >= 0.3 is 0 Å². The second-order valence-electron chi connectivity index (χ2n) is 9.84. The van der Waals surface area contributed by atoms with Gasteiger partial charge in [0.2, 0.25) is 16.0 Å². The van der Waals surface area contributed by atoms with Crippen LogP contribution in [0, 0.1) is 6.92 Å². The van der Waals surface area contributed by atoms with E-state index >= 15 is 0 Å². The number of aryl methyl sites for hydroxylation is 2. The van der Waals surface area contributed by atoms with Gasteiger partial charge < -0.3 is 15.0 Å². The van der Waals surface area contributed by atoms with Crippen LogP contribution >= 0.6 is 0 Å². The Bertz CT molecular complexity index is 1570. The molecule has 2 N–H and O–H groups in total. The van der Waals surface area contributed by atoms with Gasteiger partial charge in [0.15, 0.2) is 5.82 Å². The molecule has 0 saturated carbocycles. The van der Waals surface area contributed by atoms with Crippen LogP contribution in [0.15, 0.2) is 47.8 Å². The highest BCUT2D eigenvalue weighted by Gasteiger charge is 2.30. The fourth-order valence-corrected chi connectivity index (χ4v) is 6.80. The summed E-state index contributed by atoms with van der Waals surface area (Å²) in [6.45, 7) is 5.18. The number of nitrogens with zero attached hydrogens (tertiary/aromatic N) is 7. The van der Waals surface area contributed by atoms with Gasteiger partial charge in [0.1, 0.15) is 4.90 Å². The molecular weight excluding hydrogens is 492 g/mol. The number of fused-ring (bicyclic) bond motifs is 1. The molecule has 4 aromatic rings. The lowest BCUT2D eigenvalue weighted by Gasteiger charge is -2.35. The molecule has 0 amide bonds. The minimum atomic E-state index is -3.56. The van der Waals surface area contributed by atoms with Gasteiger partial charge in [-0.05, 0) is 38.0 Å². The highest BCUT2D eigenvalue weighted by atomic mass is 32.2. The Labute approximate surface area is 215 Å². The van der Waals surface area contributed by atoms with Gasteiger partial charge in [0, 0.05) is 86.6 Å². The number of sulfonamides is 1. The fraction of sp³-hybridized carbons (Fsp3) is 0.400. The summed E-state index contributed by atoms with van der Waals surface area (Å²) in [7, 11) is -1.71. The van der Waals surface area contributed by atoms with E-state index in [1.54, 1.807) is 27.4 Å². The summed E-state index contributed by atoms with van der Waals surface area (Å²) in [5, 5.41) is 18.0. The Morgan fingerprint density at radius 1 is 1.14 bits per heavy atom. The summed E-state index contributed by atoms with van der Waals surface area (Å²) >= 11 is 0. The molecule has 0 spiro atoms. The number of nitrogens with one attached hydrogen (secondary N) is 1. The molecule has 6 rings (SSSR count). The maximum absolute atomic E-state index is 13.3. The maximum Gasteiger partial charge on any atom is 0.245 e. The van der Waals surface area contributed by atoms with E-state index in [1.165, 1.54) is 0 Å². The molecule has 0 radical (unpaired) electrons. The molecule has 0 aliphatic carbocycles. The Morgan fingerprint density at radius 2 is 1.92 bits per heavy atom. The minimum Gasteiger partial charge on any atom is -0.390 e. The number of anilines is 2. The SMILES string of the molecule is Cc1nn(-c2ccnc(Nc3ccc4c(c3)c(S(=O)(=O)N3CCCC3)cn4C)n2)cc1CN1CC(O)C1. The zero-order valence-electron chi connectivity index (χ0n) is 20.9. The van der Waals surface area contributed by atoms with Crippen LogP contribution in [0.5, 0.6) is 0 Å². The first-order chi connectivity index (χ1) is 17.8. The number of rotatable bonds is 7. The van der Waals surface area contributed by atoms with E-state index in [4.69, 9.17) is 0 Å². The Kier molecular flexibility index (Phi) is 5.98. The second-order valence-corrected chi connectivity index (χ2v) is 11.7. The molecule has 0 bridgehead atoms. The first-order valence-electron chi connectivity index (χ1n) is 12.4. The highest BCUT2D eigenvalue weighted by molar-refractivity contribution is 7.89. The van der Waals surface area contributed by atoms with Gasteiger partial charge in [-0.25, -0.2) is 18.1 Å². The van der Waals surface area contributed by atoms with Crippen molar-refractivity contribution < 1.29 is 13.5 Å². The van der Waals surface area contributed by atoms with Crippen molar-refractivity contribution in [2.45, 2.75) is 37.3 Å². The molecular formula is C25H30N8O3S.